The normalized spacial score (nSPS) is 15.0. The van der Waals surface area contributed by atoms with Crippen molar-refractivity contribution >= 4 is 35.0 Å². The van der Waals surface area contributed by atoms with Gasteiger partial charge in [-0.2, -0.15) is 5.10 Å². The number of amides is 1. The average Bonchev–Trinajstić information content (AvgIpc) is 3.29. The second kappa shape index (κ2) is 13.7. The van der Waals surface area contributed by atoms with Crippen molar-refractivity contribution in [3.05, 3.63) is 101 Å². The summed E-state index contributed by atoms with van der Waals surface area (Å²) in [4.78, 5) is 23.3. The largest absolute Gasteiger partial charge is 0.490 e. The average molecular weight is 532 g/mol. The van der Waals surface area contributed by atoms with Gasteiger partial charge in [0.15, 0.2) is 5.17 Å². The third kappa shape index (κ3) is 8.24. The summed E-state index contributed by atoms with van der Waals surface area (Å²) in [6.07, 6.45) is 2.64. The molecule has 1 amide bonds. The second-order valence-electron chi connectivity index (χ2n) is 7.75. The monoisotopic (exact) mass is 531 g/mol. The van der Waals surface area contributed by atoms with Gasteiger partial charge in [0, 0.05) is 6.08 Å². The van der Waals surface area contributed by atoms with Crippen molar-refractivity contribution in [1.82, 2.24) is 5.32 Å². The molecular formula is C28H25N3O6S. The van der Waals surface area contributed by atoms with Crippen LogP contribution in [0.5, 0.6) is 17.2 Å². The van der Waals surface area contributed by atoms with Gasteiger partial charge in [-0.15, -0.1) is 5.10 Å². The van der Waals surface area contributed by atoms with Gasteiger partial charge in [-0.3, -0.25) is 10.1 Å². The molecule has 0 atom stereocenters. The lowest BCUT2D eigenvalue weighted by molar-refractivity contribution is -0.135. The predicted octanol–water partition coefficient (Wildman–Crippen LogP) is 4.33. The van der Waals surface area contributed by atoms with E-state index in [9.17, 15) is 9.59 Å². The van der Waals surface area contributed by atoms with Gasteiger partial charge in [-0.05, 0) is 59.3 Å². The summed E-state index contributed by atoms with van der Waals surface area (Å²) in [6.45, 7) is 1.23. The Kier molecular flexibility index (Phi) is 9.52. The predicted molar refractivity (Wildman–Crippen MR) is 146 cm³/mol. The van der Waals surface area contributed by atoms with E-state index < -0.39 is 11.9 Å². The number of rotatable bonds is 11. The molecule has 1 saturated heterocycles. The van der Waals surface area contributed by atoms with Crippen molar-refractivity contribution in [1.29, 1.82) is 0 Å². The highest BCUT2D eigenvalue weighted by atomic mass is 32.2. The van der Waals surface area contributed by atoms with Crippen LogP contribution in [0.2, 0.25) is 0 Å². The standard InChI is InChI=1S/C28H25N3O6S/c1-34-26(32)17-25-27(33)30-28(38-25)31-29-18-21-8-5-9-24(16-21)36-15-14-35-22-10-12-23(13-11-22)37-19-20-6-3-2-4-7-20/h2-13,16-18H,14-15,19H2,1H3,(H,30,31,33)/b25-17+,29-18?. The van der Waals surface area contributed by atoms with E-state index in [1.807, 2.05) is 78.9 Å². The first-order valence-corrected chi connectivity index (χ1v) is 12.4. The van der Waals surface area contributed by atoms with E-state index in [1.54, 1.807) is 0 Å². The minimum absolute atomic E-state index is 0.191. The molecule has 0 saturated carbocycles. The molecule has 1 N–H and O–H groups in total. The molecule has 9 nitrogen and oxygen atoms in total. The maximum atomic E-state index is 11.8. The Morgan fingerprint density at radius 3 is 2.34 bits per heavy atom. The summed E-state index contributed by atoms with van der Waals surface area (Å²) in [5.41, 5.74) is 1.87. The van der Waals surface area contributed by atoms with Crippen LogP contribution in [0, 0.1) is 0 Å². The van der Waals surface area contributed by atoms with Gasteiger partial charge in [0.2, 0.25) is 0 Å². The molecule has 38 heavy (non-hydrogen) atoms. The van der Waals surface area contributed by atoms with Gasteiger partial charge in [0.1, 0.15) is 37.1 Å². The smallest absolute Gasteiger partial charge is 0.331 e. The lowest BCUT2D eigenvalue weighted by Gasteiger charge is -2.10. The molecule has 1 heterocycles. The van der Waals surface area contributed by atoms with Crippen molar-refractivity contribution in [2.24, 2.45) is 10.2 Å². The summed E-state index contributed by atoms with van der Waals surface area (Å²) < 4.78 is 21.8. The molecule has 0 aliphatic carbocycles. The number of esters is 1. The molecule has 3 aromatic rings. The van der Waals surface area contributed by atoms with Crippen LogP contribution in [-0.2, 0) is 20.9 Å². The SMILES string of the molecule is COC(=O)/C=C1/S/C(=N\N=Cc2cccc(OCCOc3ccc(OCc4ccccc4)cc3)c2)NC1=O. The number of hydrogen-bond donors (Lipinski definition) is 1. The minimum Gasteiger partial charge on any atom is -0.490 e. The zero-order valence-corrected chi connectivity index (χ0v) is 21.4. The van der Waals surface area contributed by atoms with E-state index in [-0.39, 0.29) is 10.1 Å². The second-order valence-corrected chi connectivity index (χ2v) is 8.78. The van der Waals surface area contributed by atoms with Gasteiger partial charge < -0.3 is 18.9 Å². The Labute approximate surface area is 224 Å². The van der Waals surface area contributed by atoms with Crippen LogP contribution in [0.15, 0.2) is 100 Å². The van der Waals surface area contributed by atoms with Gasteiger partial charge in [-0.25, -0.2) is 4.79 Å². The van der Waals surface area contributed by atoms with Gasteiger partial charge in [0.25, 0.3) is 5.91 Å². The number of thioether (sulfide) groups is 1. The van der Waals surface area contributed by atoms with Crippen molar-refractivity contribution in [3.8, 4) is 17.2 Å². The van der Waals surface area contributed by atoms with Crippen LogP contribution in [0.1, 0.15) is 11.1 Å². The molecule has 10 heteroatoms. The van der Waals surface area contributed by atoms with Gasteiger partial charge >= 0.3 is 5.97 Å². The number of nitrogens with one attached hydrogen (secondary N) is 1. The Hall–Kier alpha value is -4.57. The molecule has 1 fully saturated rings. The Morgan fingerprint density at radius 1 is 0.895 bits per heavy atom. The van der Waals surface area contributed by atoms with E-state index in [1.165, 1.54) is 13.3 Å². The molecule has 0 aromatic heterocycles. The molecule has 0 radical (unpaired) electrons. The fraction of sp³-hybridized carbons (Fsp3) is 0.143. The fourth-order valence-electron chi connectivity index (χ4n) is 3.17. The molecule has 0 bridgehead atoms. The summed E-state index contributed by atoms with van der Waals surface area (Å²) in [7, 11) is 1.24. The topological polar surface area (TPSA) is 108 Å². The van der Waals surface area contributed by atoms with Crippen LogP contribution in [-0.4, -0.2) is 43.6 Å². The number of ether oxygens (including phenoxy) is 4. The molecule has 1 aliphatic rings. The van der Waals surface area contributed by atoms with Crippen LogP contribution < -0.4 is 19.5 Å². The van der Waals surface area contributed by atoms with E-state index in [0.29, 0.717) is 25.6 Å². The van der Waals surface area contributed by atoms with Crippen molar-refractivity contribution in [3.63, 3.8) is 0 Å². The number of benzene rings is 3. The van der Waals surface area contributed by atoms with Gasteiger partial charge in [-0.1, -0.05) is 42.5 Å². The van der Waals surface area contributed by atoms with Crippen LogP contribution in [0.3, 0.4) is 0 Å². The van der Waals surface area contributed by atoms with E-state index >= 15 is 0 Å². The van der Waals surface area contributed by atoms with Crippen molar-refractivity contribution < 1.29 is 28.5 Å². The highest BCUT2D eigenvalue weighted by Gasteiger charge is 2.25. The first-order valence-electron chi connectivity index (χ1n) is 11.6. The fourth-order valence-corrected chi connectivity index (χ4v) is 3.90. The van der Waals surface area contributed by atoms with Crippen LogP contribution in [0.25, 0.3) is 0 Å². The number of carbonyl (C=O) groups is 2. The molecular weight excluding hydrogens is 506 g/mol. The maximum Gasteiger partial charge on any atom is 0.331 e. The summed E-state index contributed by atoms with van der Waals surface area (Å²) in [6, 6.07) is 24.8. The zero-order valence-electron chi connectivity index (χ0n) is 20.5. The van der Waals surface area contributed by atoms with E-state index in [0.717, 1.165) is 40.5 Å². The van der Waals surface area contributed by atoms with Crippen LogP contribution >= 0.6 is 11.8 Å². The molecule has 0 spiro atoms. The molecule has 4 rings (SSSR count). The Morgan fingerprint density at radius 2 is 1.61 bits per heavy atom. The first kappa shape index (κ1) is 26.5. The molecule has 0 unspecified atom stereocenters. The third-order valence-electron chi connectivity index (χ3n) is 5.01. The number of methoxy groups -OCH3 is 1. The van der Waals surface area contributed by atoms with E-state index in [2.05, 4.69) is 20.3 Å². The highest BCUT2D eigenvalue weighted by Crippen LogP contribution is 2.23. The lowest BCUT2D eigenvalue weighted by atomic mass is 10.2. The molecule has 194 valence electrons. The quantitative estimate of drug-likeness (QED) is 0.129. The summed E-state index contributed by atoms with van der Waals surface area (Å²) in [5, 5.41) is 10.8. The minimum atomic E-state index is -0.614. The molecule has 1 aliphatic heterocycles. The maximum absolute atomic E-state index is 11.8. The third-order valence-corrected chi connectivity index (χ3v) is 5.91. The van der Waals surface area contributed by atoms with Crippen LogP contribution in [0.4, 0.5) is 0 Å². The number of amidine groups is 1. The Balaban J connectivity index is 1.20. The van der Waals surface area contributed by atoms with Crippen molar-refractivity contribution in [2.45, 2.75) is 6.61 Å². The van der Waals surface area contributed by atoms with Crippen molar-refractivity contribution in [2.75, 3.05) is 20.3 Å². The summed E-state index contributed by atoms with van der Waals surface area (Å²) in [5.74, 6) is 1.10. The summed E-state index contributed by atoms with van der Waals surface area (Å²) >= 11 is 1.00. The lowest BCUT2D eigenvalue weighted by Crippen LogP contribution is -2.19. The van der Waals surface area contributed by atoms with Gasteiger partial charge in [0.05, 0.1) is 18.2 Å². The number of hydrogen-bond acceptors (Lipinski definition) is 9. The number of nitrogens with zero attached hydrogens (tertiary/aromatic N) is 2. The zero-order chi connectivity index (χ0) is 26.6. The number of carbonyl (C=O) groups excluding carboxylic acids is 2. The molecule has 3 aromatic carbocycles. The highest BCUT2D eigenvalue weighted by molar-refractivity contribution is 8.18. The van der Waals surface area contributed by atoms with E-state index in [4.69, 9.17) is 14.2 Å². The first-order chi connectivity index (χ1) is 18.6. The Bertz CT molecular complexity index is 1340.